The van der Waals surface area contributed by atoms with Crippen LogP contribution in [-0.4, -0.2) is 30.4 Å². The zero-order valence-corrected chi connectivity index (χ0v) is 10.7. The maximum atomic E-state index is 10.8. The summed E-state index contributed by atoms with van der Waals surface area (Å²) < 4.78 is 11.0. The zero-order chi connectivity index (χ0) is 13.0. The van der Waals surface area contributed by atoms with Crippen LogP contribution in [0.5, 0.6) is 0 Å². The number of ether oxygens (including phenoxy) is 2. The van der Waals surface area contributed by atoms with Gasteiger partial charge in [-0.1, -0.05) is 17.7 Å². The Kier molecular flexibility index (Phi) is 4.58. The second kappa shape index (κ2) is 6.18. The molecule has 0 saturated carbocycles. The van der Waals surface area contributed by atoms with E-state index < -0.39 is 5.97 Å². The molecule has 0 atom stereocenters. The molecule has 0 spiro atoms. The van der Waals surface area contributed by atoms with Crippen LogP contribution in [0.15, 0.2) is 18.2 Å². The van der Waals surface area contributed by atoms with Gasteiger partial charge >= 0.3 is 5.97 Å². The number of halogens is 1. The van der Waals surface area contributed by atoms with Crippen molar-refractivity contribution in [2.45, 2.75) is 25.6 Å². The minimum Gasteiger partial charge on any atom is -0.478 e. The van der Waals surface area contributed by atoms with Gasteiger partial charge in [-0.3, -0.25) is 0 Å². The van der Waals surface area contributed by atoms with E-state index in [4.69, 9.17) is 26.2 Å². The molecule has 1 aliphatic rings. The van der Waals surface area contributed by atoms with Crippen molar-refractivity contribution >= 4 is 17.6 Å². The Balaban J connectivity index is 1.94. The van der Waals surface area contributed by atoms with Crippen LogP contribution in [0, 0.1) is 0 Å². The van der Waals surface area contributed by atoms with Gasteiger partial charge in [0.05, 0.1) is 18.3 Å². The Morgan fingerprint density at radius 2 is 2.17 bits per heavy atom. The molecule has 18 heavy (non-hydrogen) atoms. The molecule has 1 heterocycles. The summed E-state index contributed by atoms with van der Waals surface area (Å²) in [6.07, 6.45) is 1.99. The molecular formula is C13H15ClO4. The molecule has 1 aliphatic heterocycles. The summed E-state index contributed by atoms with van der Waals surface area (Å²) in [6, 6.07) is 4.69. The standard InChI is InChI=1S/C13H15ClO4/c14-12-7-9(13(15)16)1-2-10(12)8-18-11-3-5-17-6-4-11/h1-2,7,11H,3-6,8H2,(H,15,16). The Morgan fingerprint density at radius 3 is 2.78 bits per heavy atom. The van der Waals surface area contributed by atoms with Gasteiger partial charge in [-0.15, -0.1) is 0 Å². The average molecular weight is 271 g/mol. The third-order valence-electron chi connectivity index (χ3n) is 2.94. The summed E-state index contributed by atoms with van der Waals surface area (Å²) in [5.41, 5.74) is 1.00. The van der Waals surface area contributed by atoms with Gasteiger partial charge in [0, 0.05) is 18.2 Å². The Hall–Kier alpha value is -1.10. The predicted molar refractivity (Wildman–Crippen MR) is 67.0 cm³/mol. The highest BCUT2D eigenvalue weighted by atomic mass is 35.5. The molecule has 0 aliphatic carbocycles. The van der Waals surface area contributed by atoms with Crippen molar-refractivity contribution < 1.29 is 19.4 Å². The third-order valence-corrected chi connectivity index (χ3v) is 3.29. The minimum atomic E-state index is -0.978. The maximum absolute atomic E-state index is 10.8. The van der Waals surface area contributed by atoms with Gasteiger partial charge in [0.1, 0.15) is 0 Å². The van der Waals surface area contributed by atoms with Crippen LogP contribution >= 0.6 is 11.6 Å². The zero-order valence-electron chi connectivity index (χ0n) is 9.89. The van der Waals surface area contributed by atoms with Gasteiger partial charge in [0.2, 0.25) is 0 Å². The lowest BCUT2D eigenvalue weighted by Gasteiger charge is -2.22. The molecule has 0 aromatic heterocycles. The maximum Gasteiger partial charge on any atom is 0.335 e. The first kappa shape index (κ1) is 13.3. The van der Waals surface area contributed by atoms with E-state index in [9.17, 15) is 4.79 Å². The monoisotopic (exact) mass is 270 g/mol. The van der Waals surface area contributed by atoms with Crippen molar-refractivity contribution in [2.24, 2.45) is 0 Å². The SMILES string of the molecule is O=C(O)c1ccc(COC2CCOCC2)c(Cl)c1. The molecule has 1 aromatic carbocycles. The molecule has 1 aromatic rings. The van der Waals surface area contributed by atoms with Crippen molar-refractivity contribution in [3.63, 3.8) is 0 Å². The molecule has 98 valence electrons. The second-order valence-corrected chi connectivity index (χ2v) is 4.64. The van der Waals surface area contributed by atoms with E-state index >= 15 is 0 Å². The number of hydrogen-bond donors (Lipinski definition) is 1. The van der Waals surface area contributed by atoms with Crippen LogP contribution < -0.4 is 0 Å². The van der Waals surface area contributed by atoms with Gasteiger partial charge in [0.25, 0.3) is 0 Å². The first-order valence-electron chi connectivity index (χ1n) is 5.88. The number of rotatable bonds is 4. The molecule has 0 radical (unpaired) electrons. The smallest absolute Gasteiger partial charge is 0.335 e. The largest absolute Gasteiger partial charge is 0.478 e. The van der Waals surface area contributed by atoms with E-state index in [1.807, 2.05) is 0 Å². The van der Waals surface area contributed by atoms with Crippen LogP contribution in [0.3, 0.4) is 0 Å². The molecule has 1 N–H and O–H groups in total. The van der Waals surface area contributed by atoms with E-state index in [0.29, 0.717) is 11.6 Å². The molecule has 1 saturated heterocycles. The summed E-state index contributed by atoms with van der Waals surface area (Å²) in [6.45, 7) is 1.87. The van der Waals surface area contributed by atoms with E-state index in [2.05, 4.69) is 0 Å². The third kappa shape index (κ3) is 3.45. The predicted octanol–water partition coefficient (Wildman–Crippen LogP) is 2.73. The highest BCUT2D eigenvalue weighted by Crippen LogP contribution is 2.21. The summed E-state index contributed by atoms with van der Waals surface area (Å²) in [7, 11) is 0. The summed E-state index contributed by atoms with van der Waals surface area (Å²) in [5, 5.41) is 9.26. The van der Waals surface area contributed by atoms with E-state index in [1.54, 1.807) is 6.07 Å². The fourth-order valence-corrected chi connectivity index (χ4v) is 2.08. The van der Waals surface area contributed by atoms with Crippen LogP contribution in [0.2, 0.25) is 5.02 Å². The molecular weight excluding hydrogens is 256 g/mol. The van der Waals surface area contributed by atoms with Gasteiger partial charge in [-0.2, -0.15) is 0 Å². The van der Waals surface area contributed by atoms with Gasteiger partial charge < -0.3 is 14.6 Å². The first-order chi connectivity index (χ1) is 8.66. The fraction of sp³-hybridized carbons (Fsp3) is 0.462. The fourth-order valence-electron chi connectivity index (χ4n) is 1.85. The quantitative estimate of drug-likeness (QED) is 0.914. The number of carbonyl (C=O) groups is 1. The van der Waals surface area contributed by atoms with Crippen molar-refractivity contribution in [3.05, 3.63) is 34.3 Å². The molecule has 1 fully saturated rings. The Morgan fingerprint density at radius 1 is 1.44 bits per heavy atom. The van der Waals surface area contributed by atoms with Gasteiger partial charge in [-0.25, -0.2) is 4.79 Å². The van der Waals surface area contributed by atoms with Crippen molar-refractivity contribution in [1.82, 2.24) is 0 Å². The summed E-state index contributed by atoms with van der Waals surface area (Å²) in [5.74, 6) is -0.978. The molecule has 0 amide bonds. The molecule has 0 bridgehead atoms. The highest BCUT2D eigenvalue weighted by molar-refractivity contribution is 6.31. The highest BCUT2D eigenvalue weighted by Gasteiger charge is 2.15. The van der Waals surface area contributed by atoms with E-state index in [-0.39, 0.29) is 11.7 Å². The number of hydrogen-bond acceptors (Lipinski definition) is 3. The summed E-state index contributed by atoms with van der Waals surface area (Å²) >= 11 is 6.02. The van der Waals surface area contributed by atoms with E-state index in [0.717, 1.165) is 31.6 Å². The average Bonchev–Trinajstić information content (AvgIpc) is 2.38. The van der Waals surface area contributed by atoms with Crippen molar-refractivity contribution in [2.75, 3.05) is 13.2 Å². The van der Waals surface area contributed by atoms with Crippen LogP contribution in [-0.2, 0) is 16.1 Å². The lowest BCUT2D eigenvalue weighted by molar-refractivity contribution is -0.0390. The molecule has 2 rings (SSSR count). The van der Waals surface area contributed by atoms with E-state index in [1.165, 1.54) is 12.1 Å². The van der Waals surface area contributed by atoms with Crippen LogP contribution in [0.25, 0.3) is 0 Å². The number of carboxylic acids is 1. The minimum absolute atomic E-state index is 0.190. The molecule has 0 unspecified atom stereocenters. The lowest BCUT2D eigenvalue weighted by atomic mass is 10.1. The lowest BCUT2D eigenvalue weighted by Crippen LogP contribution is -2.23. The van der Waals surface area contributed by atoms with Gasteiger partial charge in [-0.05, 0) is 30.5 Å². The number of aromatic carboxylic acids is 1. The van der Waals surface area contributed by atoms with Crippen LogP contribution in [0.1, 0.15) is 28.8 Å². The second-order valence-electron chi connectivity index (χ2n) is 4.23. The Labute approximate surface area is 110 Å². The normalized spacial score (nSPS) is 16.7. The van der Waals surface area contributed by atoms with Crippen LogP contribution in [0.4, 0.5) is 0 Å². The van der Waals surface area contributed by atoms with Crippen molar-refractivity contribution in [1.29, 1.82) is 0 Å². The molecule has 4 nitrogen and oxygen atoms in total. The van der Waals surface area contributed by atoms with Gasteiger partial charge in [0.15, 0.2) is 0 Å². The topological polar surface area (TPSA) is 55.8 Å². The Bertz CT molecular complexity index is 427. The van der Waals surface area contributed by atoms with Crippen molar-refractivity contribution in [3.8, 4) is 0 Å². The number of benzene rings is 1. The number of carboxylic acid groups (broad SMARTS) is 1. The molecule has 5 heteroatoms. The first-order valence-corrected chi connectivity index (χ1v) is 6.25. The summed E-state index contributed by atoms with van der Waals surface area (Å²) in [4.78, 5) is 10.8.